The van der Waals surface area contributed by atoms with Gasteiger partial charge in [0.2, 0.25) is 6.17 Å². The van der Waals surface area contributed by atoms with E-state index >= 15 is 0 Å². The number of amides is 1. The van der Waals surface area contributed by atoms with Crippen LogP contribution >= 0.6 is 35.4 Å². The van der Waals surface area contributed by atoms with Crippen LogP contribution < -0.4 is 15.5 Å². The number of benzene rings is 3. The van der Waals surface area contributed by atoms with Crippen LogP contribution in [0, 0.1) is 0 Å². The molecule has 1 unspecified atom stereocenters. The molecule has 8 heteroatoms. The van der Waals surface area contributed by atoms with E-state index in [2.05, 4.69) is 10.6 Å². The van der Waals surface area contributed by atoms with Crippen LogP contribution in [-0.4, -0.2) is 36.5 Å². The van der Waals surface area contributed by atoms with Gasteiger partial charge >= 0.3 is 0 Å². The van der Waals surface area contributed by atoms with Crippen molar-refractivity contribution in [1.29, 1.82) is 0 Å². The van der Waals surface area contributed by atoms with E-state index < -0.39 is 6.17 Å². The second-order valence-electron chi connectivity index (χ2n) is 7.58. The summed E-state index contributed by atoms with van der Waals surface area (Å²) in [5.41, 5.74) is 4.22. The molecule has 33 heavy (non-hydrogen) atoms. The predicted octanol–water partition coefficient (Wildman–Crippen LogP) is 4.84. The van der Waals surface area contributed by atoms with E-state index in [9.17, 15) is 4.79 Å². The number of nitrogens with zero attached hydrogens (tertiary/aromatic N) is 2. The van der Waals surface area contributed by atoms with Crippen molar-refractivity contribution in [1.82, 2.24) is 10.6 Å². The molecule has 5 nitrogen and oxygen atoms in total. The monoisotopic (exact) mass is 496 g/mol. The molecule has 168 valence electrons. The molecule has 3 aromatic rings. The number of rotatable bonds is 5. The van der Waals surface area contributed by atoms with Gasteiger partial charge in [-0.2, -0.15) is 0 Å². The Hall–Kier alpha value is -2.93. The first-order valence-electron chi connectivity index (χ1n) is 10.4. The summed E-state index contributed by atoms with van der Waals surface area (Å²) < 4.78 is 0. The quantitative estimate of drug-likeness (QED) is 0.496. The van der Waals surface area contributed by atoms with Crippen molar-refractivity contribution in [3.05, 3.63) is 99.5 Å². The van der Waals surface area contributed by atoms with Crippen LogP contribution in [-0.2, 0) is 11.2 Å². The molecule has 1 aliphatic rings. The highest BCUT2D eigenvalue weighted by atomic mass is 35.5. The summed E-state index contributed by atoms with van der Waals surface area (Å²) in [7, 11) is 1.73. The van der Waals surface area contributed by atoms with Crippen LogP contribution in [0.15, 0.2) is 77.8 Å². The van der Waals surface area contributed by atoms with Gasteiger partial charge in [0.1, 0.15) is 0 Å². The second-order valence-corrected chi connectivity index (χ2v) is 8.86. The topological polar surface area (TPSA) is 56.7 Å². The first-order valence-corrected chi connectivity index (χ1v) is 11.6. The maximum absolute atomic E-state index is 13.3. The van der Waals surface area contributed by atoms with Crippen molar-refractivity contribution in [2.24, 2.45) is 4.99 Å². The van der Waals surface area contributed by atoms with Crippen LogP contribution in [0.25, 0.3) is 0 Å². The zero-order valence-corrected chi connectivity index (χ0v) is 20.2. The maximum Gasteiger partial charge on any atom is 0.272 e. The third-order valence-electron chi connectivity index (χ3n) is 5.33. The van der Waals surface area contributed by atoms with E-state index in [0.29, 0.717) is 27.4 Å². The lowest BCUT2D eigenvalue weighted by atomic mass is 10.0. The number of anilines is 1. The molecule has 0 bridgehead atoms. The second kappa shape index (κ2) is 10.3. The Morgan fingerprint density at radius 3 is 2.45 bits per heavy atom. The Kier molecular flexibility index (Phi) is 7.28. The molecule has 0 aromatic heterocycles. The largest absolute Gasteiger partial charge is 0.362 e. The van der Waals surface area contributed by atoms with Crippen LogP contribution in [0.3, 0.4) is 0 Å². The third kappa shape index (κ3) is 5.53. The molecular formula is C25H22Cl2N4OS. The third-order valence-corrected chi connectivity index (χ3v) is 6.07. The number of carbonyl (C=O) groups is 1. The summed E-state index contributed by atoms with van der Waals surface area (Å²) >= 11 is 17.7. The Bertz CT molecular complexity index is 1200. The zero-order chi connectivity index (χ0) is 23.4. The molecule has 1 aliphatic heterocycles. The summed E-state index contributed by atoms with van der Waals surface area (Å²) in [6, 6.07) is 22.8. The Balaban J connectivity index is 1.55. The summed E-state index contributed by atoms with van der Waals surface area (Å²) in [5, 5.41) is 7.86. The molecule has 1 amide bonds. The molecule has 4 rings (SSSR count). The number of hydrogen-bond acceptors (Lipinski definition) is 3. The van der Waals surface area contributed by atoms with Crippen LogP contribution in [0.4, 0.5) is 5.69 Å². The van der Waals surface area contributed by atoms with Gasteiger partial charge < -0.3 is 15.5 Å². The Labute approximate surface area is 208 Å². The normalized spacial score (nSPS) is 15.4. The fourth-order valence-electron chi connectivity index (χ4n) is 3.61. The van der Waals surface area contributed by atoms with Gasteiger partial charge in [-0.1, -0.05) is 65.7 Å². The highest BCUT2D eigenvalue weighted by Gasteiger charge is 2.30. The minimum absolute atomic E-state index is 0.216. The van der Waals surface area contributed by atoms with Crippen molar-refractivity contribution >= 4 is 57.8 Å². The van der Waals surface area contributed by atoms with Gasteiger partial charge in [-0.15, -0.1) is 0 Å². The highest BCUT2D eigenvalue weighted by molar-refractivity contribution is 7.80. The van der Waals surface area contributed by atoms with Gasteiger partial charge in [-0.3, -0.25) is 4.79 Å². The number of nitrogens with one attached hydrogen (secondary N) is 2. The van der Waals surface area contributed by atoms with Gasteiger partial charge in [0, 0.05) is 34.8 Å². The van der Waals surface area contributed by atoms with E-state index in [-0.39, 0.29) is 5.91 Å². The molecule has 0 fully saturated rings. The van der Waals surface area contributed by atoms with E-state index in [1.165, 1.54) is 0 Å². The van der Waals surface area contributed by atoms with Gasteiger partial charge in [0.25, 0.3) is 5.91 Å². The lowest BCUT2D eigenvalue weighted by Gasteiger charge is -2.22. The number of halogens is 2. The minimum Gasteiger partial charge on any atom is -0.362 e. The number of carbonyl (C=O) groups excluding carboxylic acids is 1. The van der Waals surface area contributed by atoms with Gasteiger partial charge in [0.05, 0.1) is 11.4 Å². The smallest absolute Gasteiger partial charge is 0.272 e. The average molecular weight is 497 g/mol. The van der Waals surface area contributed by atoms with Gasteiger partial charge in [0.15, 0.2) is 5.11 Å². The van der Waals surface area contributed by atoms with Gasteiger partial charge in [-0.05, 0) is 54.5 Å². The summed E-state index contributed by atoms with van der Waals surface area (Å²) in [5.74, 6) is -0.216. The highest BCUT2D eigenvalue weighted by Crippen LogP contribution is 2.29. The molecule has 2 N–H and O–H groups in total. The molecule has 3 aromatic carbocycles. The summed E-state index contributed by atoms with van der Waals surface area (Å²) in [4.78, 5) is 19.6. The molecule has 0 spiro atoms. The van der Waals surface area contributed by atoms with Crippen LogP contribution in [0.1, 0.15) is 16.7 Å². The van der Waals surface area contributed by atoms with Crippen molar-refractivity contribution in [3.8, 4) is 0 Å². The van der Waals surface area contributed by atoms with E-state index in [0.717, 1.165) is 28.8 Å². The summed E-state index contributed by atoms with van der Waals surface area (Å²) in [6.45, 7) is 0.606. The molecule has 0 saturated heterocycles. The first kappa shape index (κ1) is 23.2. The van der Waals surface area contributed by atoms with E-state index in [1.54, 1.807) is 18.0 Å². The molecular weight excluding hydrogens is 475 g/mol. The van der Waals surface area contributed by atoms with Crippen LogP contribution in [0.5, 0.6) is 0 Å². The number of thiocarbonyl (C=S) groups is 1. The van der Waals surface area contributed by atoms with Crippen LogP contribution in [0.2, 0.25) is 10.0 Å². The first-order chi connectivity index (χ1) is 15.9. The summed E-state index contributed by atoms with van der Waals surface area (Å²) in [6.07, 6.45) is -0.119. The zero-order valence-electron chi connectivity index (χ0n) is 17.9. The van der Waals surface area contributed by atoms with Crippen molar-refractivity contribution < 1.29 is 4.79 Å². The van der Waals surface area contributed by atoms with Crippen molar-refractivity contribution in [2.45, 2.75) is 12.6 Å². The number of fused-ring (bicyclic) bond motifs is 1. The number of hydrogen-bond donors (Lipinski definition) is 2. The predicted molar refractivity (Wildman–Crippen MR) is 140 cm³/mol. The lowest BCUT2D eigenvalue weighted by molar-refractivity contribution is -0.119. The minimum atomic E-state index is -0.882. The lowest BCUT2D eigenvalue weighted by Crippen LogP contribution is -2.49. The molecule has 1 heterocycles. The molecule has 0 saturated carbocycles. The number of aliphatic imine (C=N–C) groups is 1. The molecule has 0 radical (unpaired) electrons. The standard InChI is InChI=1S/C25H22Cl2N4OS/c1-31-21-12-11-19(27)15-20(21)22(17-5-3-2-4-6-17)29-23(24(31)32)30-25(33)28-14-13-16-7-9-18(26)10-8-16/h2-12,15,23H,13-14H2,1H3,(H2,28,30,33). The maximum atomic E-state index is 13.3. The average Bonchev–Trinajstić information content (AvgIpc) is 2.91. The SMILES string of the molecule is CN1C(=O)C(NC(=S)NCCc2ccc(Cl)cc2)N=C(c2ccccc2)c2cc(Cl)ccc21. The Morgan fingerprint density at radius 1 is 1.03 bits per heavy atom. The Morgan fingerprint density at radius 2 is 1.73 bits per heavy atom. The van der Waals surface area contributed by atoms with Crippen molar-refractivity contribution in [3.63, 3.8) is 0 Å². The fourth-order valence-corrected chi connectivity index (χ4v) is 4.12. The van der Waals surface area contributed by atoms with E-state index in [1.807, 2.05) is 66.7 Å². The van der Waals surface area contributed by atoms with E-state index in [4.69, 9.17) is 40.4 Å². The molecule has 0 aliphatic carbocycles. The number of likely N-dealkylation sites (N-methyl/N-ethyl adjacent to an activating group) is 1. The van der Waals surface area contributed by atoms with Crippen molar-refractivity contribution in [2.75, 3.05) is 18.5 Å². The number of benzodiazepines with no additional fused rings is 1. The fraction of sp³-hybridized carbons (Fsp3) is 0.160. The van der Waals surface area contributed by atoms with Gasteiger partial charge in [-0.25, -0.2) is 4.99 Å². The molecule has 1 atom stereocenters.